The average molecular weight is 348 g/mol. The molecule has 7 heteroatoms. The zero-order chi connectivity index (χ0) is 17.7. The van der Waals surface area contributed by atoms with E-state index in [0.29, 0.717) is 6.61 Å². The van der Waals surface area contributed by atoms with Crippen molar-refractivity contribution in [2.45, 2.75) is 44.1 Å². The monoisotopic (exact) mass is 348 g/mol. The Hall–Kier alpha value is -2.12. The van der Waals surface area contributed by atoms with Crippen LogP contribution in [0.25, 0.3) is 0 Å². The van der Waals surface area contributed by atoms with E-state index in [1.54, 1.807) is 19.2 Å². The van der Waals surface area contributed by atoms with Crippen LogP contribution >= 0.6 is 0 Å². The van der Waals surface area contributed by atoms with Crippen molar-refractivity contribution in [1.82, 2.24) is 10.6 Å². The molecule has 1 aromatic carbocycles. The Bertz CT molecular complexity index is 610. The van der Waals surface area contributed by atoms with Crippen LogP contribution < -0.4 is 15.4 Å². The molecule has 0 bridgehead atoms. The number of amides is 2. The van der Waals surface area contributed by atoms with Gasteiger partial charge < -0.3 is 24.8 Å². The summed E-state index contributed by atoms with van der Waals surface area (Å²) in [6.07, 6.45) is 3.82. The maximum Gasteiger partial charge on any atom is 0.309 e. The van der Waals surface area contributed by atoms with Crippen molar-refractivity contribution >= 4 is 11.8 Å². The molecule has 0 aromatic heterocycles. The highest BCUT2D eigenvalue weighted by molar-refractivity contribution is 6.35. The summed E-state index contributed by atoms with van der Waals surface area (Å²) < 4.78 is 16.7. The molecule has 2 N–H and O–H groups in total. The molecule has 1 spiro atoms. The molecule has 1 unspecified atom stereocenters. The second-order valence-electron chi connectivity index (χ2n) is 6.41. The van der Waals surface area contributed by atoms with Crippen LogP contribution in [0.4, 0.5) is 0 Å². The van der Waals surface area contributed by atoms with E-state index < -0.39 is 17.6 Å². The molecule has 2 aliphatic rings. The number of hydrogen-bond acceptors (Lipinski definition) is 5. The summed E-state index contributed by atoms with van der Waals surface area (Å²) in [4.78, 5) is 23.8. The van der Waals surface area contributed by atoms with Gasteiger partial charge in [-0.2, -0.15) is 0 Å². The van der Waals surface area contributed by atoms with E-state index in [-0.39, 0.29) is 19.2 Å². The van der Waals surface area contributed by atoms with Gasteiger partial charge in [0, 0.05) is 25.9 Å². The molecule has 1 aliphatic heterocycles. The first-order valence-corrected chi connectivity index (χ1v) is 8.61. The van der Waals surface area contributed by atoms with Crippen LogP contribution in [-0.4, -0.2) is 44.0 Å². The molecule has 1 saturated heterocycles. The predicted molar refractivity (Wildman–Crippen MR) is 89.9 cm³/mol. The first-order chi connectivity index (χ1) is 12.1. The Labute approximate surface area is 147 Å². The highest BCUT2D eigenvalue weighted by Crippen LogP contribution is 2.38. The van der Waals surface area contributed by atoms with Gasteiger partial charge in [-0.1, -0.05) is 12.1 Å². The molecule has 1 heterocycles. The summed E-state index contributed by atoms with van der Waals surface area (Å²) in [5.74, 6) is -1.03. The fourth-order valence-electron chi connectivity index (χ4n) is 3.19. The van der Waals surface area contributed by atoms with Gasteiger partial charge in [-0.05, 0) is 30.5 Å². The Morgan fingerprint density at radius 3 is 2.52 bits per heavy atom. The molecule has 2 fully saturated rings. The van der Waals surface area contributed by atoms with E-state index in [4.69, 9.17) is 14.2 Å². The SMILES string of the molecule is COc1ccc(CNC(=O)C(=O)NCC2COC3(CCCC3)O2)cc1. The third kappa shape index (κ3) is 4.49. The second-order valence-corrected chi connectivity index (χ2v) is 6.41. The number of ether oxygens (including phenoxy) is 3. The van der Waals surface area contributed by atoms with Crippen LogP contribution in [0.5, 0.6) is 5.75 Å². The maximum atomic E-state index is 11.9. The highest BCUT2D eigenvalue weighted by Gasteiger charge is 2.43. The standard InChI is InChI=1S/C18H24N2O5/c1-23-14-6-4-13(5-7-14)10-19-16(21)17(22)20-11-15-12-24-18(25-15)8-2-3-9-18/h4-7,15H,2-3,8-12H2,1H3,(H,19,21)(H,20,22). The van der Waals surface area contributed by atoms with E-state index in [0.717, 1.165) is 37.0 Å². The van der Waals surface area contributed by atoms with E-state index in [1.165, 1.54) is 0 Å². The molecule has 3 rings (SSSR count). The summed E-state index contributed by atoms with van der Waals surface area (Å²) in [5, 5.41) is 5.21. The van der Waals surface area contributed by atoms with E-state index in [2.05, 4.69) is 10.6 Å². The van der Waals surface area contributed by atoms with Crippen LogP contribution in [0.15, 0.2) is 24.3 Å². The molecule has 7 nitrogen and oxygen atoms in total. The smallest absolute Gasteiger partial charge is 0.309 e. The molecule has 1 aromatic rings. The Morgan fingerprint density at radius 2 is 1.84 bits per heavy atom. The number of hydrogen-bond donors (Lipinski definition) is 2. The largest absolute Gasteiger partial charge is 0.497 e. The topological polar surface area (TPSA) is 85.9 Å². The summed E-state index contributed by atoms with van der Waals surface area (Å²) in [6, 6.07) is 7.28. The van der Waals surface area contributed by atoms with Crippen molar-refractivity contribution in [2.75, 3.05) is 20.3 Å². The lowest BCUT2D eigenvalue weighted by atomic mass is 10.2. The Balaban J connectivity index is 1.38. The number of carbonyl (C=O) groups is 2. The van der Waals surface area contributed by atoms with Gasteiger partial charge in [-0.25, -0.2) is 0 Å². The van der Waals surface area contributed by atoms with Crippen molar-refractivity contribution in [3.8, 4) is 5.75 Å². The maximum absolute atomic E-state index is 11.9. The van der Waals surface area contributed by atoms with E-state index in [9.17, 15) is 9.59 Å². The second kappa shape index (κ2) is 7.84. The van der Waals surface area contributed by atoms with Gasteiger partial charge in [-0.3, -0.25) is 9.59 Å². The van der Waals surface area contributed by atoms with Crippen LogP contribution in [0.2, 0.25) is 0 Å². The summed E-state index contributed by atoms with van der Waals surface area (Å²) in [5.41, 5.74) is 0.887. The molecule has 25 heavy (non-hydrogen) atoms. The lowest BCUT2D eigenvalue weighted by molar-refractivity contribution is -0.161. The summed E-state index contributed by atoms with van der Waals surface area (Å²) >= 11 is 0. The first kappa shape index (κ1) is 17.7. The lowest BCUT2D eigenvalue weighted by Gasteiger charge is -2.21. The molecule has 136 valence electrons. The molecule has 2 amide bonds. The highest BCUT2D eigenvalue weighted by atomic mass is 16.7. The lowest BCUT2D eigenvalue weighted by Crippen LogP contribution is -2.43. The zero-order valence-electron chi connectivity index (χ0n) is 14.4. The number of rotatable bonds is 5. The Kier molecular flexibility index (Phi) is 5.55. The zero-order valence-corrected chi connectivity index (χ0v) is 14.4. The van der Waals surface area contributed by atoms with Gasteiger partial charge in [0.25, 0.3) is 0 Å². The molecule has 1 saturated carbocycles. The summed E-state index contributed by atoms with van der Waals surface area (Å²) in [6.45, 7) is 1.01. The quantitative estimate of drug-likeness (QED) is 0.779. The van der Waals surface area contributed by atoms with Crippen molar-refractivity contribution < 1.29 is 23.8 Å². The minimum absolute atomic E-state index is 0.198. The van der Waals surface area contributed by atoms with Crippen LogP contribution in [-0.2, 0) is 25.6 Å². The van der Waals surface area contributed by atoms with Crippen molar-refractivity contribution in [1.29, 1.82) is 0 Å². The average Bonchev–Trinajstić information content (AvgIpc) is 3.27. The normalized spacial score (nSPS) is 21.2. The van der Waals surface area contributed by atoms with Crippen molar-refractivity contribution in [2.24, 2.45) is 0 Å². The van der Waals surface area contributed by atoms with Gasteiger partial charge in [-0.15, -0.1) is 0 Å². The molecule has 0 radical (unpaired) electrons. The number of nitrogens with one attached hydrogen (secondary N) is 2. The van der Waals surface area contributed by atoms with Gasteiger partial charge >= 0.3 is 11.8 Å². The van der Waals surface area contributed by atoms with Crippen LogP contribution in [0.3, 0.4) is 0 Å². The van der Waals surface area contributed by atoms with E-state index in [1.807, 2.05) is 12.1 Å². The Morgan fingerprint density at radius 1 is 1.16 bits per heavy atom. The predicted octanol–water partition coefficient (Wildman–Crippen LogP) is 1.11. The van der Waals surface area contributed by atoms with Crippen LogP contribution in [0.1, 0.15) is 31.2 Å². The minimum Gasteiger partial charge on any atom is -0.497 e. The van der Waals surface area contributed by atoms with Gasteiger partial charge in [0.05, 0.1) is 13.7 Å². The first-order valence-electron chi connectivity index (χ1n) is 8.61. The van der Waals surface area contributed by atoms with Gasteiger partial charge in [0.15, 0.2) is 5.79 Å². The van der Waals surface area contributed by atoms with Crippen LogP contribution in [0, 0.1) is 0 Å². The van der Waals surface area contributed by atoms with E-state index >= 15 is 0 Å². The van der Waals surface area contributed by atoms with Crippen molar-refractivity contribution in [3.63, 3.8) is 0 Å². The fourth-order valence-corrected chi connectivity index (χ4v) is 3.19. The fraction of sp³-hybridized carbons (Fsp3) is 0.556. The van der Waals surface area contributed by atoms with Crippen molar-refractivity contribution in [3.05, 3.63) is 29.8 Å². The third-order valence-corrected chi connectivity index (χ3v) is 4.59. The van der Waals surface area contributed by atoms with Gasteiger partial charge in [0.1, 0.15) is 11.9 Å². The number of benzene rings is 1. The minimum atomic E-state index is -0.663. The summed E-state index contributed by atoms with van der Waals surface area (Å²) in [7, 11) is 1.59. The molecular weight excluding hydrogens is 324 g/mol. The number of carbonyl (C=O) groups excluding carboxylic acids is 2. The molecule has 1 aliphatic carbocycles. The molecular formula is C18H24N2O5. The van der Waals surface area contributed by atoms with Gasteiger partial charge in [0.2, 0.25) is 0 Å². The molecule has 1 atom stereocenters. The third-order valence-electron chi connectivity index (χ3n) is 4.59. The number of methoxy groups -OCH3 is 1.